The molecule has 1 heterocycles. The highest BCUT2D eigenvalue weighted by atomic mass is 32.2. The van der Waals surface area contributed by atoms with Crippen LogP contribution in [0.15, 0.2) is 52.3 Å². The molecule has 0 radical (unpaired) electrons. The van der Waals surface area contributed by atoms with Gasteiger partial charge in [0.15, 0.2) is 11.5 Å². The number of rotatable bonds is 1. The van der Waals surface area contributed by atoms with E-state index >= 15 is 0 Å². The summed E-state index contributed by atoms with van der Waals surface area (Å²) in [4.78, 5) is 11.7. The smallest absolute Gasteiger partial charge is 0.214 e. The van der Waals surface area contributed by atoms with Gasteiger partial charge in [-0.05, 0) is 18.2 Å². The van der Waals surface area contributed by atoms with E-state index in [0.717, 1.165) is 0 Å². The number of fused-ring (bicyclic) bond motifs is 2. The first-order valence-electron chi connectivity index (χ1n) is 5.69. The van der Waals surface area contributed by atoms with E-state index in [4.69, 9.17) is 5.21 Å². The topological polar surface area (TPSA) is 98.9 Å². The van der Waals surface area contributed by atoms with E-state index < -0.39 is 25.7 Å². The first kappa shape index (κ1) is 12.9. The summed E-state index contributed by atoms with van der Waals surface area (Å²) in [7, 11) is -4.01. The van der Waals surface area contributed by atoms with Crippen molar-refractivity contribution in [3.63, 3.8) is 0 Å². The first-order chi connectivity index (χ1) is 9.44. The summed E-state index contributed by atoms with van der Waals surface area (Å²) in [6, 6.07) is 9.67. The summed E-state index contributed by atoms with van der Waals surface area (Å²) in [5.74, 6) is -0.478. The second-order valence-corrected chi connectivity index (χ2v) is 6.17. The zero-order chi connectivity index (χ0) is 14.5. The maximum absolute atomic E-state index is 12.6. The molecule has 0 saturated heterocycles. The molecule has 0 fully saturated rings. The highest BCUT2D eigenvalue weighted by Crippen LogP contribution is 2.37. The molecule has 0 bridgehead atoms. The molecule has 2 aromatic carbocycles. The van der Waals surface area contributed by atoms with Gasteiger partial charge in [0.1, 0.15) is 4.90 Å². The van der Waals surface area contributed by atoms with Gasteiger partial charge in [0.05, 0.1) is 4.90 Å². The third-order valence-corrected chi connectivity index (χ3v) is 5.09. The molecule has 1 aliphatic heterocycles. The van der Waals surface area contributed by atoms with Crippen LogP contribution in [0.2, 0.25) is 0 Å². The molecule has 1 atom stereocenters. The minimum absolute atomic E-state index is 0.0718. The van der Waals surface area contributed by atoms with Crippen molar-refractivity contribution in [2.24, 2.45) is 0 Å². The number of hydrogen-bond acceptors (Lipinski definition) is 5. The van der Waals surface area contributed by atoms with Crippen LogP contribution in [0.5, 0.6) is 0 Å². The average Bonchev–Trinajstić information content (AvgIpc) is 2.44. The van der Waals surface area contributed by atoms with Crippen molar-refractivity contribution in [2.45, 2.75) is 9.79 Å². The van der Waals surface area contributed by atoms with Crippen LogP contribution in [-0.4, -0.2) is 19.4 Å². The third kappa shape index (κ3) is 1.61. The van der Waals surface area contributed by atoms with Gasteiger partial charge in [-0.3, -0.25) is 4.79 Å². The SMILES string of the molecule is O=C1c2ccccc2S(=O)(=O)c2c1cccc2[NH+]([O-])O. The van der Waals surface area contributed by atoms with Crippen LogP contribution in [-0.2, 0) is 9.84 Å². The van der Waals surface area contributed by atoms with Gasteiger partial charge in [0.2, 0.25) is 9.84 Å². The second kappa shape index (κ2) is 4.22. The standard InChI is InChI=1S/C13H9NO5S/c15-12-8-4-1-2-7-11(8)20(18,19)13-9(12)5-3-6-10(13)14(16)17/h1-7,14,16H. The normalized spacial score (nSPS) is 17.2. The quantitative estimate of drug-likeness (QED) is 0.635. The van der Waals surface area contributed by atoms with Crippen LogP contribution in [0, 0.1) is 5.21 Å². The molecule has 20 heavy (non-hydrogen) atoms. The van der Waals surface area contributed by atoms with Crippen LogP contribution >= 0.6 is 0 Å². The molecule has 7 heteroatoms. The Morgan fingerprint density at radius 3 is 2.35 bits per heavy atom. The number of sulfone groups is 1. The molecule has 1 unspecified atom stereocenters. The molecule has 0 aromatic heterocycles. The van der Waals surface area contributed by atoms with E-state index in [-0.39, 0.29) is 21.7 Å². The fourth-order valence-corrected chi connectivity index (χ4v) is 4.14. The van der Waals surface area contributed by atoms with E-state index in [2.05, 4.69) is 0 Å². The highest BCUT2D eigenvalue weighted by Gasteiger charge is 2.38. The van der Waals surface area contributed by atoms with Gasteiger partial charge in [0.25, 0.3) is 0 Å². The van der Waals surface area contributed by atoms with E-state index in [1.165, 1.54) is 36.4 Å². The van der Waals surface area contributed by atoms with Crippen molar-refractivity contribution in [1.82, 2.24) is 0 Å². The number of carbonyl (C=O) groups is 1. The number of quaternary nitrogens is 1. The van der Waals surface area contributed by atoms with Crippen molar-refractivity contribution in [2.75, 3.05) is 0 Å². The lowest BCUT2D eigenvalue weighted by Crippen LogP contribution is -2.99. The number of hydrogen-bond donors (Lipinski definition) is 2. The molecule has 0 amide bonds. The largest absolute Gasteiger partial charge is 0.595 e. The van der Waals surface area contributed by atoms with Gasteiger partial charge < -0.3 is 5.21 Å². The minimum Gasteiger partial charge on any atom is -0.595 e. The second-order valence-electron chi connectivity index (χ2n) is 4.32. The Morgan fingerprint density at radius 2 is 1.65 bits per heavy atom. The lowest BCUT2D eigenvalue weighted by molar-refractivity contribution is -0.992. The van der Waals surface area contributed by atoms with Gasteiger partial charge in [-0.15, -0.1) is 0 Å². The van der Waals surface area contributed by atoms with E-state index in [1.807, 2.05) is 0 Å². The lowest BCUT2D eigenvalue weighted by Gasteiger charge is -2.22. The van der Waals surface area contributed by atoms with Gasteiger partial charge in [-0.25, -0.2) is 13.6 Å². The van der Waals surface area contributed by atoms with Crippen LogP contribution in [0.25, 0.3) is 0 Å². The number of benzene rings is 2. The van der Waals surface area contributed by atoms with Gasteiger partial charge in [-0.1, -0.05) is 18.2 Å². The zero-order valence-electron chi connectivity index (χ0n) is 10.0. The monoisotopic (exact) mass is 291 g/mol. The summed E-state index contributed by atoms with van der Waals surface area (Å²) >= 11 is 0. The number of nitrogens with one attached hydrogen (secondary N) is 1. The maximum atomic E-state index is 12.6. The Balaban J connectivity index is 2.45. The number of carbonyl (C=O) groups excluding carboxylic acids is 1. The molecular weight excluding hydrogens is 282 g/mol. The van der Waals surface area contributed by atoms with E-state index in [1.54, 1.807) is 6.07 Å². The molecule has 1 aliphatic rings. The van der Waals surface area contributed by atoms with Gasteiger partial charge in [0, 0.05) is 17.2 Å². The molecule has 0 spiro atoms. The molecule has 0 saturated carbocycles. The Morgan fingerprint density at radius 1 is 1.00 bits per heavy atom. The highest BCUT2D eigenvalue weighted by molar-refractivity contribution is 7.92. The molecule has 6 nitrogen and oxygen atoms in total. The van der Waals surface area contributed by atoms with Gasteiger partial charge in [-0.2, -0.15) is 5.23 Å². The molecule has 0 aliphatic carbocycles. The third-order valence-electron chi connectivity index (χ3n) is 3.18. The minimum atomic E-state index is -4.01. The lowest BCUT2D eigenvalue weighted by atomic mass is 10.0. The Hall–Kier alpha value is -2.06. The molecular formula is C13H9NO5S. The van der Waals surface area contributed by atoms with Crippen molar-refractivity contribution in [1.29, 1.82) is 0 Å². The fraction of sp³-hybridized carbons (Fsp3) is 0. The summed E-state index contributed by atoms with van der Waals surface area (Å²) in [5.41, 5.74) is -0.406. The fourth-order valence-electron chi connectivity index (χ4n) is 2.32. The van der Waals surface area contributed by atoms with Crippen molar-refractivity contribution in [3.8, 4) is 0 Å². The Kier molecular flexibility index (Phi) is 2.73. The van der Waals surface area contributed by atoms with Crippen molar-refractivity contribution >= 4 is 21.3 Å². The average molecular weight is 291 g/mol. The summed E-state index contributed by atoms with van der Waals surface area (Å²) < 4.78 is 25.1. The summed E-state index contributed by atoms with van der Waals surface area (Å²) in [6.07, 6.45) is 0. The molecule has 2 N–H and O–H groups in total. The molecule has 2 aromatic rings. The van der Waals surface area contributed by atoms with E-state index in [9.17, 15) is 18.4 Å². The van der Waals surface area contributed by atoms with Crippen LogP contribution in [0.4, 0.5) is 5.69 Å². The summed E-state index contributed by atoms with van der Waals surface area (Å²) in [6.45, 7) is 0. The van der Waals surface area contributed by atoms with Gasteiger partial charge >= 0.3 is 0 Å². The maximum Gasteiger partial charge on any atom is 0.214 e. The Labute approximate surface area is 114 Å². The molecule has 102 valence electrons. The molecule has 3 rings (SSSR count). The predicted octanol–water partition coefficient (Wildman–Crippen LogP) is 0.467. The summed E-state index contributed by atoms with van der Waals surface area (Å²) in [5, 5.41) is 19.0. The zero-order valence-corrected chi connectivity index (χ0v) is 10.8. The van der Waals surface area contributed by atoms with E-state index in [0.29, 0.717) is 0 Å². The Bertz CT molecular complexity index is 826. The number of ketones is 1. The predicted molar refractivity (Wildman–Crippen MR) is 67.5 cm³/mol. The van der Waals surface area contributed by atoms with Crippen LogP contribution < -0.4 is 5.23 Å². The first-order valence-corrected chi connectivity index (χ1v) is 7.18. The van der Waals surface area contributed by atoms with Crippen molar-refractivity contribution < 1.29 is 23.6 Å². The van der Waals surface area contributed by atoms with Crippen LogP contribution in [0.3, 0.4) is 0 Å². The van der Waals surface area contributed by atoms with Crippen molar-refractivity contribution in [3.05, 3.63) is 58.8 Å². The van der Waals surface area contributed by atoms with Crippen LogP contribution in [0.1, 0.15) is 15.9 Å².